The van der Waals surface area contributed by atoms with Gasteiger partial charge in [-0.15, -0.1) is 0 Å². The molecule has 116 valence electrons. The average molecular weight is 291 g/mol. The molecule has 1 aromatic rings. The number of nitrogens with zero attached hydrogens (tertiary/aromatic N) is 2. The zero-order valence-corrected chi connectivity index (χ0v) is 12.8. The van der Waals surface area contributed by atoms with Gasteiger partial charge in [0.1, 0.15) is 0 Å². The van der Waals surface area contributed by atoms with Crippen molar-refractivity contribution in [2.45, 2.75) is 45.4 Å². The van der Waals surface area contributed by atoms with Crippen LogP contribution in [-0.2, 0) is 0 Å². The van der Waals surface area contributed by atoms with E-state index in [1.54, 1.807) is 12.1 Å². The molecule has 0 aromatic heterocycles. The van der Waals surface area contributed by atoms with Gasteiger partial charge in [-0.2, -0.15) is 0 Å². The Labute approximate surface area is 126 Å². The molecule has 0 radical (unpaired) electrons. The lowest BCUT2D eigenvalue weighted by Crippen LogP contribution is -2.27. The number of hydrogen-bond acceptors (Lipinski definition) is 4. The van der Waals surface area contributed by atoms with Gasteiger partial charge < -0.3 is 10.2 Å². The highest BCUT2D eigenvalue weighted by molar-refractivity contribution is 5.64. The molecule has 1 N–H and O–H groups in total. The molecule has 0 spiro atoms. The second kappa shape index (κ2) is 7.86. The summed E-state index contributed by atoms with van der Waals surface area (Å²) in [5.74, 6) is 0. The van der Waals surface area contributed by atoms with E-state index in [0.29, 0.717) is 0 Å². The van der Waals surface area contributed by atoms with Crippen LogP contribution in [0.1, 0.15) is 45.4 Å². The van der Waals surface area contributed by atoms with Crippen LogP contribution in [0, 0.1) is 10.1 Å². The van der Waals surface area contributed by atoms with Gasteiger partial charge in [-0.3, -0.25) is 10.1 Å². The number of hydrogen-bond donors (Lipinski definition) is 1. The third-order valence-corrected chi connectivity index (χ3v) is 3.91. The minimum atomic E-state index is -0.301. The number of nitro benzene ring substituents is 1. The maximum Gasteiger partial charge on any atom is 0.273 e. The van der Waals surface area contributed by atoms with E-state index in [1.165, 1.54) is 32.1 Å². The quantitative estimate of drug-likeness (QED) is 0.653. The number of non-ortho nitro benzene ring substituents is 1. The predicted octanol–water partition coefficient (Wildman–Crippen LogP) is 4.19. The summed E-state index contributed by atoms with van der Waals surface area (Å²) in [6, 6.07) is 5.38. The molecule has 0 unspecified atom stereocenters. The third kappa shape index (κ3) is 4.62. The molecule has 2 rings (SSSR count). The van der Waals surface area contributed by atoms with Gasteiger partial charge in [-0.25, -0.2) is 0 Å². The van der Waals surface area contributed by atoms with Gasteiger partial charge in [0.15, 0.2) is 0 Å². The van der Waals surface area contributed by atoms with Crippen molar-refractivity contribution in [1.82, 2.24) is 0 Å². The Morgan fingerprint density at radius 3 is 2.43 bits per heavy atom. The van der Waals surface area contributed by atoms with E-state index in [1.807, 2.05) is 6.07 Å². The SMILES string of the molecule is CCCNc1cc(N2CCCCCCC2)cc([N+](=O)[O-])c1. The van der Waals surface area contributed by atoms with Gasteiger partial charge >= 0.3 is 0 Å². The fourth-order valence-corrected chi connectivity index (χ4v) is 2.76. The molecule has 0 saturated carbocycles. The summed E-state index contributed by atoms with van der Waals surface area (Å²) in [5, 5.41) is 14.4. The summed E-state index contributed by atoms with van der Waals surface area (Å²) in [7, 11) is 0. The van der Waals surface area contributed by atoms with Crippen molar-refractivity contribution in [3.8, 4) is 0 Å². The van der Waals surface area contributed by atoms with Gasteiger partial charge in [0, 0.05) is 43.1 Å². The molecular formula is C16H25N3O2. The fraction of sp³-hybridized carbons (Fsp3) is 0.625. The number of nitrogens with one attached hydrogen (secondary N) is 1. The van der Waals surface area contributed by atoms with Crippen LogP contribution in [-0.4, -0.2) is 24.6 Å². The van der Waals surface area contributed by atoms with Crippen molar-refractivity contribution in [2.24, 2.45) is 0 Å². The molecule has 5 nitrogen and oxygen atoms in total. The lowest BCUT2D eigenvalue weighted by Gasteiger charge is -2.27. The van der Waals surface area contributed by atoms with E-state index < -0.39 is 0 Å². The first-order valence-electron chi connectivity index (χ1n) is 7.99. The highest BCUT2D eigenvalue weighted by atomic mass is 16.6. The summed E-state index contributed by atoms with van der Waals surface area (Å²) in [6.45, 7) is 4.91. The summed E-state index contributed by atoms with van der Waals surface area (Å²) in [6.07, 6.45) is 7.16. The van der Waals surface area contributed by atoms with Crippen molar-refractivity contribution >= 4 is 17.1 Å². The molecule has 5 heteroatoms. The van der Waals surface area contributed by atoms with E-state index >= 15 is 0 Å². The number of nitro groups is 1. The van der Waals surface area contributed by atoms with Crippen LogP contribution in [0.4, 0.5) is 17.1 Å². The molecule has 1 fully saturated rings. The number of rotatable bonds is 5. The lowest BCUT2D eigenvalue weighted by molar-refractivity contribution is -0.384. The average Bonchev–Trinajstić information content (AvgIpc) is 2.44. The molecule has 0 atom stereocenters. The summed E-state index contributed by atoms with van der Waals surface area (Å²) < 4.78 is 0. The smallest absolute Gasteiger partial charge is 0.273 e. The maximum absolute atomic E-state index is 11.1. The number of benzene rings is 1. The van der Waals surface area contributed by atoms with Crippen LogP contribution in [0.3, 0.4) is 0 Å². The predicted molar refractivity (Wildman–Crippen MR) is 87.2 cm³/mol. The zero-order valence-electron chi connectivity index (χ0n) is 12.8. The lowest BCUT2D eigenvalue weighted by atomic mass is 10.1. The van der Waals surface area contributed by atoms with Crippen LogP contribution in [0.2, 0.25) is 0 Å². The van der Waals surface area contributed by atoms with Gasteiger partial charge in [-0.1, -0.05) is 26.2 Å². The van der Waals surface area contributed by atoms with Crippen molar-refractivity contribution in [1.29, 1.82) is 0 Å². The Morgan fingerprint density at radius 2 is 1.81 bits per heavy atom. The van der Waals surface area contributed by atoms with E-state index in [-0.39, 0.29) is 10.6 Å². The largest absolute Gasteiger partial charge is 0.385 e. The van der Waals surface area contributed by atoms with Crippen molar-refractivity contribution in [3.63, 3.8) is 0 Å². The first-order valence-corrected chi connectivity index (χ1v) is 7.99. The van der Waals surface area contributed by atoms with E-state index in [2.05, 4.69) is 17.1 Å². The summed E-state index contributed by atoms with van der Waals surface area (Å²) >= 11 is 0. The first-order chi connectivity index (χ1) is 10.2. The molecule has 0 bridgehead atoms. The van der Waals surface area contributed by atoms with Crippen LogP contribution < -0.4 is 10.2 Å². The summed E-state index contributed by atoms with van der Waals surface area (Å²) in [4.78, 5) is 13.1. The molecule has 0 aliphatic carbocycles. The minimum Gasteiger partial charge on any atom is -0.385 e. The highest BCUT2D eigenvalue weighted by Crippen LogP contribution is 2.28. The van der Waals surface area contributed by atoms with Gasteiger partial charge in [0.25, 0.3) is 5.69 Å². The third-order valence-electron chi connectivity index (χ3n) is 3.91. The molecule has 1 aromatic carbocycles. The summed E-state index contributed by atoms with van der Waals surface area (Å²) in [5.41, 5.74) is 2.00. The second-order valence-electron chi connectivity index (χ2n) is 5.68. The first kappa shape index (κ1) is 15.6. The maximum atomic E-state index is 11.1. The topological polar surface area (TPSA) is 58.4 Å². The van der Waals surface area contributed by atoms with E-state index in [4.69, 9.17) is 0 Å². The molecule has 1 saturated heterocycles. The molecule has 1 heterocycles. The number of anilines is 2. The minimum absolute atomic E-state index is 0.174. The van der Waals surface area contributed by atoms with Crippen LogP contribution in [0.15, 0.2) is 18.2 Å². The Balaban J connectivity index is 2.22. The van der Waals surface area contributed by atoms with Crippen molar-refractivity contribution in [2.75, 3.05) is 29.9 Å². The molecule has 0 amide bonds. The van der Waals surface area contributed by atoms with Gasteiger partial charge in [0.05, 0.1) is 4.92 Å². The van der Waals surface area contributed by atoms with Crippen molar-refractivity contribution in [3.05, 3.63) is 28.3 Å². The highest BCUT2D eigenvalue weighted by Gasteiger charge is 2.15. The van der Waals surface area contributed by atoms with Crippen molar-refractivity contribution < 1.29 is 4.92 Å². The zero-order chi connectivity index (χ0) is 15.1. The second-order valence-corrected chi connectivity index (χ2v) is 5.68. The Kier molecular flexibility index (Phi) is 5.84. The van der Waals surface area contributed by atoms with Gasteiger partial charge in [-0.05, 0) is 25.3 Å². The van der Waals surface area contributed by atoms with Gasteiger partial charge in [0.2, 0.25) is 0 Å². The van der Waals surface area contributed by atoms with E-state index in [9.17, 15) is 10.1 Å². The normalized spacial score (nSPS) is 16.1. The molecular weight excluding hydrogens is 266 g/mol. The van der Waals surface area contributed by atoms with Crippen LogP contribution in [0.25, 0.3) is 0 Å². The Hall–Kier alpha value is -1.78. The Morgan fingerprint density at radius 1 is 1.14 bits per heavy atom. The van der Waals surface area contributed by atoms with E-state index in [0.717, 1.165) is 37.4 Å². The molecule has 21 heavy (non-hydrogen) atoms. The molecule has 1 aliphatic rings. The van der Waals surface area contributed by atoms with Crippen LogP contribution in [0.5, 0.6) is 0 Å². The standard InChI is InChI=1S/C16H25N3O2/c1-2-8-17-14-11-15(13-16(12-14)19(20)21)18-9-6-4-3-5-7-10-18/h11-13,17H,2-10H2,1H3. The van der Waals surface area contributed by atoms with Crippen LogP contribution >= 0.6 is 0 Å². The molecule has 1 aliphatic heterocycles. The monoisotopic (exact) mass is 291 g/mol. The Bertz CT molecular complexity index is 469. The fourth-order valence-electron chi connectivity index (χ4n) is 2.76.